The number of nitro groups is 1. The largest absolute Gasteiger partial charge is 0.282 e. The highest BCUT2D eigenvalue weighted by molar-refractivity contribution is 8.15. The van der Waals surface area contributed by atoms with Gasteiger partial charge in [-0.2, -0.15) is 10.1 Å². The molecule has 2 aromatic carbocycles. The second-order valence-corrected chi connectivity index (χ2v) is 6.36. The maximum atomic E-state index is 12.6. The van der Waals surface area contributed by atoms with Crippen LogP contribution >= 0.6 is 23.4 Å². The summed E-state index contributed by atoms with van der Waals surface area (Å²) in [6, 6.07) is 12.2. The highest BCUT2D eigenvalue weighted by atomic mass is 35.5. The molecule has 0 aliphatic carbocycles. The van der Waals surface area contributed by atoms with Crippen molar-refractivity contribution in [2.45, 2.75) is 0 Å². The van der Waals surface area contributed by atoms with E-state index < -0.39 is 16.7 Å². The lowest BCUT2D eigenvalue weighted by atomic mass is 10.2. The minimum absolute atomic E-state index is 0.00226. The molecule has 1 aliphatic heterocycles. The average Bonchev–Trinajstić information content (AvgIpc) is 2.62. The fourth-order valence-corrected chi connectivity index (χ4v) is 3.20. The number of amides is 2. The highest BCUT2D eigenvalue weighted by Gasteiger charge is 2.29. The summed E-state index contributed by atoms with van der Waals surface area (Å²) in [4.78, 5) is 35.1. The minimum Gasteiger partial charge on any atom is -0.271 e. The summed E-state index contributed by atoms with van der Waals surface area (Å²) in [6.07, 6.45) is 0. The highest BCUT2D eigenvalue weighted by Crippen LogP contribution is 2.25. The summed E-state index contributed by atoms with van der Waals surface area (Å²) in [5, 5.41) is 16.3. The molecule has 1 aliphatic rings. The molecule has 1 heterocycles. The molecule has 126 valence electrons. The van der Waals surface area contributed by atoms with Crippen LogP contribution < -0.4 is 0 Å². The van der Waals surface area contributed by atoms with E-state index in [0.717, 1.165) is 16.8 Å². The van der Waals surface area contributed by atoms with Crippen molar-refractivity contribution in [1.82, 2.24) is 5.01 Å². The molecule has 7 nitrogen and oxygen atoms in total. The van der Waals surface area contributed by atoms with E-state index in [-0.39, 0.29) is 22.0 Å². The van der Waals surface area contributed by atoms with E-state index in [0.29, 0.717) is 10.6 Å². The molecular formula is C16H10ClN3O4S. The summed E-state index contributed by atoms with van der Waals surface area (Å²) >= 11 is 7.12. The van der Waals surface area contributed by atoms with Crippen LogP contribution in [0.1, 0.15) is 15.9 Å². The first-order chi connectivity index (χ1) is 12.0. The minimum atomic E-state index is -0.640. The molecule has 0 N–H and O–H groups in total. The molecule has 0 aromatic heterocycles. The number of imide groups is 1. The summed E-state index contributed by atoms with van der Waals surface area (Å²) in [5.41, 5.74) is 0.525. The lowest BCUT2D eigenvalue weighted by Gasteiger charge is -2.21. The quantitative estimate of drug-likeness (QED) is 0.466. The van der Waals surface area contributed by atoms with Crippen molar-refractivity contribution in [1.29, 1.82) is 0 Å². The Morgan fingerprint density at radius 2 is 2.00 bits per heavy atom. The monoisotopic (exact) mass is 375 g/mol. The van der Waals surface area contributed by atoms with Crippen LogP contribution in [0.25, 0.3) is 0 Å². The summed E-state index contributed by atoms with van der Waals surface area (Å²) in [6.45, 7) is 0. The number of rotatable bonds is 3. The topological polar surface area (TPSA) is 92.9 Å². The number of nitrogens with zero attached hydrogens (tertiary/aromatic N) is 3. The van der Waals surface area contributed by atoms with E-state index in [1.54, 1.807) is 24.3 Å². The van der Waals surface area contributed by atoms with Gasteiger partial charge in [0.15, 0.2) is 0 Å². The fraction of sp³-hybridized carbons (Fsp3) is 0.0625. The molecule has 2 amide bonds. The van der Waals surface area contributed by atoms with Crippen molar-refractivity contribution in [3.05, 3.63) is 74.8 Å². The Hall–Kier alpha value is -2.71. The van der Waals surface area contributed by atoms with E-state index >= 15 is 0 Å². The first kappa shape index (κ1) is 17.1. The smallest absolute Gasteiger partial charge is 0.271 e. The number of non-ortho nitro benzene ring substituents is 1. The zero-order chi connectivity index (χ0) is 18.0. The third kappa shape index (κ3) is 3.54. The number of halogens is 1. The molecule has 0 bridgehead atoms. The van der Waals surface area contributed by atoms with E-state index in [4.69, 9.17) is 11.6 Å². The van der Waals surface area contributed by atoms with Gasteiger partial charge in [-0.3, -0.25) is 19.7 Å². The SMILES string of the molecule is O=C1CSC(c2cccc([N+](=O)[O-])c2)=NN1C(=O)c1ccccc1Cl. The predicted molar refractivity (Wildman–Crippen MR) is 94.7 cm³/mol. The molecule has 3 rings (SSSR count). The van der Waals surface area contributed by atoms with Crippen LogP contribution in [0.2, 0.25) is 5.02 Å². The van der Waals surface area contributed by atoms with Gasteiger partial charge in [-0.05, 0) is 12.1 Å². The Morgan fingerprint density at radius 3 is 2.72 bits per heavy atom. The van der Waals surface area contributed by atoms with Gasteiger partial charge >= 0.3 is 0 Å². The number of carbonyl (C=O) groups excluding carboxylic acids is 2. The standard InChI is InChI=1S/C16H10ClN3O4S/c17-13-7-2-1-6-12(13)16(22)19-14(21)9-25-15(18-19)10-4-3-5-11(8-10)20(23)24/h1-8H,9H2. The van der Waals surface area contributed by atoms with Crippen molar-refractivity contribution >= 4 is 45.9 Å². The van der Waals surface area contributed by atoms with Crippen molar-refractivity contribution in [3.63, 3.8) is 0 Å². The number of nitro benzene ring substituents is 1. The van der Waals surface area contributed by atoms with Gasteiger partial charge in [0, 0.05) is 17.7 Å². The van der Waals surface area contributed by atoms with Crippen molar-refractivity contribution in [2.24, 2.45) is 5.10 Å². The molecule has 0 unspecified atom stereocenters. The van der Waals surface area contributed by atoms with Crippen molar-refractivity contribution in [3.8, 4) is 0 Å². The van der Waals surface area contributed by atoms with Crippen LogP contribution in [0, 0.1) is 10.1 Å². The van der Waals surface area contributed by atoms with Crippen LogP contribution in [-0.2, 0) is 4.79 Å². The Balaban J connectivity index is 1.98. The summed E-state index contributed by atoms with van der Waals surface area (Å²) < 4.78 is 0. The average molecular weight is 376 g/mol. The van der Waals surface area contributed by atoms with Crippen LogP contribution in [-0.4, -0.2) is 32.5 Å². The van der Waals surface area contributed by atoms with E-state index in [2.05, 4.69) is 5.10 Å². The molecule has 9 heteroatoms. The van der Waals surface area contributed by atoms with Gasteiger partial charge in [0.25, 0.3) is 17.5 Å². The molecule has 0 radical (unpaired) electrons. The number of hydrogen-bond donors (Lipinski definition) is 0. The lowest BCUT2D eigenvalue weighted by molar-refractivity contribution is -0.384. The molecule has 0 spiro atoms. The third-order valence-corrected chi connectivity index (χ3v) is 4.67. The maximum Gasteiger partial charge on any atom is 0.282 e. The number of hydrogen-bond acceptors (Lipinski definition) is 6. The second-order valence-electron chi connectivity index (χ2n) is 4.99. The fourth-order valence-electron chi connectivity index (χ4n) is 2.17. The number of hydrazone groups is 1. The van der Waals surface area contributed by atoms with Crippen LogP contribution in [0.5, 0.6) is 0 Å². The Bertz CT molecular complexity index is 916. The van der Waals surface area contributed by atoms with Crippen molar-refractivity contribution in [2.75, 3.05) is 5.75 Å². The van der Waals surface area contributed by atoms with Crippen LogP contribution in [0.4, 0.5) is 5.69 Å². The molecule has 0 fully saturated rings. The molecular weight excluding hydrogens is 366 g/mol. The number of benzene rings is 2. The zero-order valence-electron chi connectivity index (χ0n) is 12.6. The van der Waals surface area contributed by atoms with E-state index in [9.17, 15) is 19.7 Å². The molecule has 2 aromatic rings. The van der Waals surface area contributed by atoms with Gasteiger partial charge in [-0.25, -0.2) is 0 Å². The van der Waals surface area contributed by atoms with Gasteiger partial charge < -0.3 is 0 Å². The Kier molecular flexibility index (Phi) is 4.82. The second kappa shape index (κ2) is 7.04. The summed E-state index contributed by atoms with van der Waals surface area (Å²) in [7, 11) is 0. The zero-order valence-corrected chi connectivity index (χ0v) is 14.2. The van der Waals surface area contributed by atoms with E-state index in [1.807, 2.05) is 0 Å². The Morgan fingerprint density at radius 1 is 1.24 bits per heavy atom. The maximum absolute atomic E-state index is 12.6. The first-order valence-electron chi connectivity index (χ1n) is 7.05. The van der Waals surface area contributed by atoms with Crippen LogP contribution in [0.15, 0.2) is 53.6 Å². The van der Waals surface area contributed by atoms with Crippen LogP contribution in [0.3, 0.4) is 0 Å². The van der Waals surface area contributed by atoms with E-state index in [1.165, 1.54) is 24.3 Å². The molecule has 0 saturated carbocycles. The molecule has 0 saturated heterocycles. The normalized spacial score (nSPS) is 14.2. The van der Waals surface area contributed by atoms with Gasteiger partial charge in [-0.15, -0.1) is 0 Å². The molecule has 25 heavy (non-hydrogen) atoms. The Labute approximate surface area is 151 Å². The molecule has 0 atom stereocenters. The third-order valence-electron chi connectivity index (χ3n) is 3.36. The van der Waals surface area contributed by atoms with Gasteiger partial charge in [-0.1, -0.05) is 47.6 Å². The first-order valence-corrected chi connectivity index (χ1v) is 8.42. The number of carbonyl (C=O) groups is 2. The number of thioether (sulfide) groups is 1. The predicted octanol–water partition coefficient (Wildman–Crippen LogP) is 3.33. The van der Waals surface area contributed by atoms with Crippen molar-refractivity contribution < 1.29 is 14.5 Å². The van der Waals surface area contributed by atoms with Gasteiger partial charge in [0.1, 0.15) is 5.04 Å². The lowest BCUT2D eigenvalue weighted by Crippen LogP contribution is -2.37. The summed E-state index contributed by atoms with van der Waals surface area (Å²) in [5.74, 6) is -1.12. The van der Waals surface area contributed by atoms with Gasteiger partial charge in [0.2, 0.25) is 0 Å². The van der Waals surface area contributed by atoms with Gasteiger partial charge in [0.05, 0.1) is 21.3 Å².